The minimum absolute atomic E-state index is 0.0990. The van der Waals surface area contributed by atoms with Crippen molar-refractivity contribution in [3.63, 3.8) is 0 Å². The molecule has 0 saturated carbocycles. The smallest absolute Gasteiger partial charge is 0.276 e. The van der Waals surface area contributed by atoms with E-state index >= 15 is 0 Å². The Morgan fingerprint density at radius 3 is 2.38 bits per heavy atom. The van der Waals surface area contributed by atoms with E-state index in [4.69, 9.17) is 0 Å². The number of hydrogen-bond donors (Lipinski definition) is 1. The third-order valence-electron chi connectivity index (χ3n) is 5.77. The van der Waals surface area contributed by atoms with Gasteiger partial charge in [-0.3, -0.25) is 14.2 Å². The number of nitrogens with one attached hydrogen (secondary N) is 1. The Labute approximate surface area is 184 Å². The molecule has 5 rings (SSSR count). The Hall–Kier alpha value is -4.19. The number of amides is 1. The highest BCUT2D eigenvalue weighted by atomic mass is 16.1. The van der Waals surface area contributed by atoms with Crippen LogP contribution in [0.1, 0.15) is 27.0 Å². The first kappa shape index (κ1) is 19.8. The van der Waals surface area contributed by atoms with Gasteiger partial charge in [0.05, 0.1) is 12.1 Å². The maximum atomic E-state index is 13.1. The summed E-state index contributed by atoms with van der Waals surface area (Å²) >= 11 is 0. The summed E-state index contributed by atoms with van der Waals surface area (Å²) in [6.07, 6.45) is 3.56. The Balaban J connectivity index is 1.45. The number of rotatable bonds is 4. The van der Waals surface area contributed by atoms with Crippen LogP contribution < -0.4 is 10.9 Å². The van der Waals surface area contributed by atoms with E-state index in [0.29, 0.717) is 23.3 Å². The second-order valence-corrected chi connectivity index (χ2v) is 7.92. The van der Waals surface area contributed by atoms with Gasteiger partial charge in [-0.05, 0) is 66.9 Å². The summed E-state index contributed by atoms with van der Waals surface area (Å²) in [6.45, 7) is 4.32. The molecule has 0 aliphatic rings. The van der Waals surface area contributed by atoms with Crippen LogP contribution in [0, 0.1) is 13.8 Å². The fourth-order valence-corrected chi connectivity index (χ4v) is 4.07. The first-order chi connectivity index (χ1) is 15.5. The summed E-state index contributed by atoms with van der Waals surface area (Å²) in [7, 11) is 0. The van der Waals surface area contributed by atoms with Gasteiger partial charge in [0.2, 0.25) is 0 Å². The van der Waals surface area contributed by atoms with Crippen molar-refractivity contribution < 1.29 is 4.79 Å². The molecule has 0 aliphatic heterocycles. The minimum atomic E-state index is -0.159. The van der Waals surface area contributed by atoms with E-state index in [1.807, 2.05) is 79.0 Å². The molecule has 3 aromatic heterocycles. The topological polar surface area (TPSA) is 68.4 Å². The zero-order valence-corrected chi connectivity index (χ0v) is 17.9. The highest BCUT2D eigenvalue weighted by molar-refractivity contribution is 6.05. The van der Waals surface area contributed by atoms with Crippen molar-refractivity contribution in [2.24, 2.45) is 0 Å². The lowest BCUT2D eigenvalue weighted by molar-refractivity contribution is 0.102. The van der Waals surface area contributed by atoms with Crippen molar-refractivity contribution in [2.75, 3.05) is 5.32 Å². The molecule has 0 fully saturated rings. The number of aromatic nitrogens is 3. The van der Waals surface area contributed by atoms with Gasteiger partial charge in [-0.2, -0.15) is 0 Å². The minimum Gasteiger partial charge on any atom is -0.322 e. The van der Waals surface area contributed by atoms with Gasteiger partial charge in [0.1, 0.15) is 5.52 Å². The van der Waals surface area contributed by atoms with Gasteiger partial charge < -0.3 is 9.72 Å². The molecule has 6 heteroatoms. The molecule has 0 bridgehead atoms. The number of carbonyl (C=O) groups is 1. The fourth-order valence-electron chi connectivity index (χ4n) is 4.07. The van der Waals surface area contributed by atoms with Crippen molar-refractivity contribution in [1.29, 1.82) is 0 Å². The lowest BCUT2D eigenvalue weighted by atomic mass is 10.1. The van der Waals surface area contributed by atoms with Gasteiger partial charge in [0, 0.05) is 23.6 Å². The van der Waals surface area contributed by atoms with Crippen LogP contribution in [0.5, 0.6) is 0 Å². The van der Waals surface area contributed by atoms with Crippen LogP contribution in [-0.4, -0.2) is 19.9 Å². The Morgan fingerprint density at radius 1 is 0.906 bits per heavy atom. The average molecular weight is 422 g/mol. The summed E-state index contributed by atoms with van der Waals surface area (Å²) in [4.78, 5) is 30.3. The quantitative estimate of drug-likeness (QED) is 0.461. The van der Waals surface area contributed by atoms with E-state index in [1.165, 1.54) is 0 Å². The highest BCUT2D eigenvalue weighted by Crippen LogP contribution is 2.21. The molecule has 0 spiro atoms. The van der Waals surface area contributed by atoms with Crippen LogP contribution in [0.2, 0.25) is 0 Å². The highest BCUT2D eigenvalue weighted by Gasteiger charge is 2.13. The molecular formula is C26H22N4O2. The van der Waals surface area contributed by atoms with E-state index < -0.39 is 0 Å². The molecule has 0 aliphatic carbocycles. The summed E-state index contributed by atoms with van der Waals surface area (Å²) in [5.74, 6) is -0.159. The number of benzene rings is 2. The van der Waals surface area contributed by atoms with E-state index in [1.54, 1.807) is 22.9 Å². The average Bonchev–Trinajstić information content (AvgIpc) is 3.30. The molecule has 158 valence electrons. The Bertz CT molecular complexity index is 1510. The number of hydrogen-bond acceptors (Lipinski definition) is 3. The van der Waals surface area contributed by atoms with Gasteiger partial charge >= 0.3 is 0 Å². The number of nitrogens with zero attached hydrogens (tertiary/aromatic N) is 3. The molecule has 3 heterocycles. The van der Waals surface area contributed by atoms with Gasteiger partial charge in [-0.25, -0.2) is 4.98 Å². The summed E-state index contributed by atoms with van der Waals surface area (Å²) in [5, 5.41) is 3.01. The van der Waals surface area contributed by atoms with Crippen LogP contribution >= 0.6 is 0 Å². The number of fused-ring (bicyclic) bond motifs is 3. The van der Waals surface area contributed by atoms with E-state index in [-0.39, 0.29) is 11.5 Å². The van der Waals surface area contributed by atoms with Crippen LogP contribution in [0.3, 0.4) is 0 Å². The number of anilines is 1. The molecule has 2 aromatic carbocycles. The molecule has 5 aromatic rings. The summed E-state index contributed by atoms with van der Waals surface area (Å²) in [5.41, 5.74) is 6.37. The SMILES string of the molecule is Cc1cccc(C)c1NC(=O)c1ccc(Cn2c(=O)c3cccn3c3cccnc32)cc1. The molecule has 0 unspecified atom stereocenters. The zero-order valence-electron chi connectivity index (χ0n) is 17.9. The van der Waals surface area contributed by atoms with E-state index in [0.717, 1.165) is 27.9 Å². The van der Waals surface area contributed by atoms with Crippen LogP contribution in [0.4, 0.5) is 5.69 Å². The maximum absolute atomic E-state index is 13.1. The van der Waals surface area contributed by atoms with Crippen molar-refractivity contribution in [1.82, 2.24) is 14.0 Å². The molecule has 0 radical (unpaired) electrons. The molecule has 0 saturated heterocycles. The monoisotopic (exact) mass is 422 g/mol. The first-order valence-corrected chi connectivity index (χ1v) is 10.4. The van der Waals surface area contributed by atoms with Crippen molar-refractivity contribution in [3.05, 3.63) is 112 Å². The van der Waals surface area contributed by atoms with E-state index in [2.05, 4.69) is 10.3 Å². The van der Waals surface area contributed by atoms with Crippen LogP contribution in [0.25, 0.3) is 16.7 Å². The largest absolute Gasteiger partial charge is 0.322 e. The van der Waals surface area contributed by atoms with Gasteiger partial charge in [0.15, 0.2) is 5.65 Å². The fraction of sp³-hybridized carbons (Fsp3) is 0.115. The standard InChI is InChI=1S/C26H22N4O2/c1-17-6-3-7-18(2)23(17)28-25(31)20-12-10-19(11-13-20)16-30-24-21(8-4-14-27-24)29-15-5-9-22(29)26(30)32/h3-15H,16H2,1-2H3,(H,28,31). The molecule has 0 atom stereocenters. The second-order valence-electron chi connectivity index (χ2n) is 7.92. The summed E-state index contributed by atoms with van der Waals surface area (Å²) < 4.78 is 3.54. The molecule has 6 nitrogen and oxygen atoms in total. The molecule has 1 amide bonds. The Kier molecular flexibility index (Phi) is 4.82. The number of para-hydroxylation sites is 1. The lowest BCUT2D eigenvalue weighted by Crippen LogP contribution is -2.24. The third-order valence-corrected chi connectivity index (χ3v) is 5.77. The Morgan fingerprint density at radius 2 is 1.62 bits per heavy atom. The number of aryl methyl sites for hydroxylation is 2. The summed E-state index contributed by atoms with van der Waals surface area (Å²) in [6, 6.07) is 20.7. The van der Waals surface area contributed by atoms with Crippen LogP contribution in [0.15, 0.2) is 83.9 Å². The number of pyridine rings is 1. The maximum Gasteiger partial charge on any atom is 0.276 e. The van der Waals surface area contributed by atoms with Crippen molar-refractivity contribution >= 4 is 28.3 Å². The van der Waals surface area contributed by atoms with Crippen molar-refractivity contribution in [3.8, 4) is 0 Å². The van der Waals surface area contributed by atoms with Gasteiger partial charge in [0.25, 0.3) is 11.5 Å². The first-order valence-electron chi connectivity index (χ1n) is 10.4. The third kappa shape index (κ3) is 3.36. The zero-order chi connectivity index (χ0) is 22.2. The lowest BCUT2D eigenvalue weighted by Gasteiger charge is -2.13. The normalized spacial score (nSPS) is 11.2. The van der Waals surface area contributed by atoms with Crippen LogP contribution in [-0.2, 0) is 6.54 Å². The predicted octanol–water partition coefficient (Wildman–Crippen LogP) is 4.57. The molecular weight excluding hydrogens is 400 g/mol. The molecule has 1 N–H and O–H groups in total. The number of carbonyl (C=O) groups excluding carboxylic acids is 1. The van der Waals surface area contributed by atoms with Crippen molar-refractivity contribution in [2.45, 2.75) is 20.4 Å². The molecule has 32 heavy (non-hydrogen) atoms. The van der Waals surface area contributed by atoms with Gasteiger partial charge in [-0.1, -0.05) is 30.3 Å². The predicted molar refractivity (Wildman–Crippen MR) is 126 cm³/mol. The second kappa shape index (κ2) is 7.81. The van der Waals surface area contributed by atoms with Gasteiger partial charge in [-0.15, -0.1) is 0 Å². The van der Waals surface area contributed by atoms with E-state index in [9.17, 15) is 9.59 Å².